The predicted octanol–water partition coefficient (Wildman–Crippen LogP) is 3.15. The maximum Gasteiger partial charge on any atom is 0.226 e. The lowest BCUT2D eigenvalue weighted by molar-refractivity contribution is -0.137. The van der Waals surface area contributed by atoms with E-state index < -0.39 is 11.6 Å². The second-order valence-electron chi connectivity index (χ2n) is 6.44. The van der Waals surface area contributed by atoms with Gasteiger partial charge in [-0.25, -0.2) is 8.78 Å². The number of carbonyl (C=O) groups excluding carboxylic acids is 1. The van der Waals surface area contributed by atoms with E-state index in [4.69, 9.17) is 5.73 Å². The highest BCUT2D eigenvalue weighted by Gasteiger charge is 2.36. The molecule has 1 saturated heterocycles. The summed E-state index contributed by atoms with van der Waals surface area (Å²) in [5.41, 5.74) is 6.19. The number of benzene rings is 1. The van der Waals surface area contributed by atoms with Gasteiger partial charge in [0.15, 0.2) is 11.6 Å². The SMILES string of the molecule is NC1CCC(C(=O)N2CCCC2c2cccc(F)c2F)CC1. The van der Waals surface area contributed by atoms with Crippen LogP contribution >= 0.6 is 0 Å². The van der Waals surface area contributed by atoms with Gasteiger partial charge in [0, 0.05) is 24.1 Å². The van der Waals surface area contributed by atoms with Gasteiger partial charge >= 0.3 is 0 Å². The number of rotatable bonds is 2. The number of hydrogen-bond acceptors (Lipinski definition) is 2. The van der Waals surface area contributed by atoms with Crippen LogP contribution in [0.3, 0.4) is 0 Å². The molecule has 1 heterocycles. The fourth-order valence-electron chi connectivity index (χ4n) is 3.73. The molecule has 1 atom stereocenters. The Morgan fingerprint density at radius 1 is 1.14 bits per heavy atom. The maximum atomic E-state index is 14.1. The highest BCUT2D eigenvalue weighted by molar-refractivity contribution is 5.79. The quantitative estimate of drug-likeness (QED) is 0.912. The van der Waals surface area contributed by atoms with Crippen molar-refractivity contribution in [1.82, 2.24) is 4.90 Å². The molecular formula is C17H22F2N2O. The Balaban J connectivity index is 1.78. The predicted molar refractivity (Wildman–Crippen MR) is 80.0 cm³/mol. The van der Waals surface area contributed by atoms with Gasteiger partial charge in [0.25, 0.3) is 0 Å². The van der Waals surface area contributed by atoms with Crippen LogP contribution in [0, 0.1) is 17.6 Å². The number of carbonyl (C=O) groups is 1. The van der Waals surface area contributed by atoms with Crippen molar-refractivity contribution in [1.29, 1.82) is 0 Å². The van der Waals surface area contributed by atoms with Gasteiger partial charge in [-0.2, -0.15) is 0 Å². The van der Waals surface area contributed by atoms with E-state index in [0.29, 0.717) is 18.5 Å². The van der Waals surface area contributed by atoms with Crippen molar-refractivity contribution in [3.05, 3.63) is 35.4 Å². The number of amides is 1. The summed E-state index contributed by atoms with van der Waals surface area (Å²) in [5.74, 6) is -1.60. The first-order chi connectivity index (χ1) is 10.6. The van der Waals surface area contributed by atoms with Gasteiger partial charge in [-0.1, -0.05) is 12.1 Å². The van der Waals surface area contributed by atoms with Crippen LogP contribution in [0.15, 0.2) is 18.2 Å². The van der Waals surface area contributed by atoms with E-state index in [2.05, 4.69) is 0 Å². The summed E-state index contributed by atoms with van der Waals surface area (Å²) in [6.07, 6.45) is 4.85. The molecule has 1 amide bonds. The summed E-state index contributed by atoms with van der Waals surface area (Å²) in [6, 6.07) is 4.07. The van der Waals surface area contributed by atoms with Crippen molar-refractivity contribution < 1.29 is 13.6 Å². The smallest absolute Gasteiger partial charge is 0.226 e. The van der Waals surface area contributed by atoms with Crippen LogP contribution in [-0.2, 0) is 4.79 Å². The van der Waals surface area contributed by atoms with Crippen molar-refractivity contribution in [2.24, 2.45) is 11.7 Å². The first-order valence-corrected chi connectivity index (χ1v) is 8.08. The highest BCUT2D eigenvalue weighted by Crippen LogP contribution is 2.37. The fraction of sp³-hybridized carbons (Fsp3) is 0.588. The van der Waals surface area contributed by atoms with Crippen LogP contribution in [0.25, 0.3) is 0 Å². The van der Waals surface area contributed by atoms with Gasteiger partial charge in [-0.05, 0) is 44.6 Å². The normalized spacial score (nSPS) is 28.9. The van der Waals surface area contributed by atoms with Crippen molar-refractivity contribution >= 4 is 5.91 Å². The summed E-state index contributed by atoms with van der Waals surface area (Å²) in [7, 11) is 0. The Kier molecular flexibility index (Phi) is 4.43. The molecule has 0 bridgehead atoms. The third kappa shape index (κ3) is 2.86. The Labute approximate surface area is 129 Å². The molecule has 0 spiro atoms. The largest absolute Gasteiger partial charge is 0.335 e. The van der Waals surface area contributed by atoms with Gasteiger partial charge in [0.2, 0.25) is 5.91 Å². The third-order valence-electron chi connectivity index (χ3n) is 5.00. The monoisotopic (exact) mass is 308 g/mol. The summed E-state index contributed by atoms with van der Waals surface area (Å²) >= 11 is 0. The molecule has 3 rings (SSSR count). The van der Waals surface area contributed by atoms with Crippen LogP contribution in [0.4, 0.5) is 8.78 Å². The average Bonchev–Trinajstić information content (AvgIpc) is 2.99. The highest BCUT2D eigenvalue weighted by atomic mass is 19.2. The number of nitrogens with two attached hydrogens (primary N) is 1. The minimum Gasteiger partial charge on any atom is -0.335 e. The van der Waals surface area contributed by atoms with Gasteiger partial charge in [0.05, 0.1) is 6.04 Å². The standard InChI is InChI=1S/C17H22F2N2O/c18-14-4-1-3-13(16(14)19)15-5-2-10-21(15)17(22)11-6-8-12(20)9-7-11/h1,3-4,11-12,15H,2,5-10,20H2. The maximum absolute atomic E-state index is 14.1. The number of halogens is 2. The Morgan fingerprint density at radius 3 is 2.59 bits per heavy atom. The molecule has 0 radical (unpaired) electrons. The van der Waals surface area contributed by atoms with E-state index in [1.165, 1.54) is 6.07 Å². The zero-order valence-corrected chi connectivity index (χ0v) is 12.6. The topological polar surface area (TPSA) is 46.3 Å². The molecule has 2 fully saturated rings. The lowest BCUT2D eigenvalue weighted by atomic mass is 9.85. The van der Waals surface area contributed by atoms with Gasteiger partial charge in [-0.3, -0.25) is 4.79 Å². The van der Waals surface area contributed by atoms with Crippen molar-refractivity contribution in [2.45, 2.75) is 50.6 Å². The van der Waals surface area contributed by atoms with E-state index in [9.17, 15) is 13.6 Å². The van der Waals surface area contributed by atoms with E-state index in [-0.39, 0.29) is 23.9 Å². The third-order valence-corrected chi connectivity index (χ3v) is 5.00. The van der Waals surface area contributed by atoms with Crippen LogP contribution in [0.1, 0.15) is 50.1 Å². The van der Waals surface area contributed by atoms with E-state index in [1.807, 2.05) is 0 Å². The van der Waals surface area contributed by atoms with Crippen LogP contribution in [0.2, 0.25) is 0 Å². The molecule has 120 valence electrons. The van der Waals surface area contributed by atoms with Crippen molar-refractivity contribution in [3.8, 4) is 0 Å². The zero-order valence-electron chi connectivity index (χ0n) is 12.6. The summed E-state index contributed by atoms with van der Waals surface area (Å²) in [4.78, 5) is 14.5. The molecule has 2 N–H and O–H groups in total. The first kappa shape index (κ1) is 15.4. The average molecular weight is 308 g/mol. The lowest BCUT2D eigenvalue weighted by Crippen LogP contribution is -2.39. The summed E-state index contributed by atoms with van der Waals surface area (Å²) in [6.45, 7) is 0.627. The number of nitrogens with zero attached hydrogens (tertiary/aromatic N) is 1. The number of hydrogen-bond donors (Lipinski definition) is 1. The minimum absolute atomic E-state index is 0.0166. The van der Waals surface area contributed by atoms with Crippen molar-refractivity contribution in [2.75, 3.05) is 6.54 Å². The Hall–Kier alpha value is -1.49. The van der Waals surface area contributed by atoms with Gasteiger partial charge in [-0.15, -0.1) is 0 Å². The molecule has 22 heavy (non-hydrogen) atoms. The molecule has 1 aromatic carbocycles. The zero-order chi connectivity index (χ0) is 15.7. The molecule has 1 aliphatic carbocycles. The second kappa shape index (κ2) is 6.32. The number of likely N-dealkylation sites (tertiary alicyclic amines) is 1. The molecule has 3 nitrogen and oxygen atoms in total. The molecular weight excluding hydrogens is 286 g/mol. The molecule has 1 aliphatic heterocycles. The molecule has 1 saturated carbocycles. The molecule has 5 heteroatoms. The van der Waals surface area contributed by atoms with E-state index >= 15 is 0 Å². The lowest BCUT2D eigenvalue weighted by Gasteiger charge is -2.32. The Bertz CT molecular complexity index is 556. The molecule has 0 aromatic heterocycles. The fourth-order valence-corrected chi connectivity index (χ4v) is 3.73. The summed E-state index contributed by atoms with van der Waals surface area (Å²) < 4.78 is 27.5. The van der Waals surface area contributed by atoms with Crippen LogP contribution < -0.4 is 5.73 Å². The summed E-state index contributed by atoms with van der Waals surface area (Å²) in [5, 5.41) is 0. The van der Waals surface area contributed by atoms with E-state index in [0.717, 1.165) is 38.2 Å². The van der Waals surface area contributed by atoms with Crippen LogP contribution in [-0.4, -0.2) is 23.4 Å². The Morgan fingerprint density at radius 2 is 1.86 bits per heavy atom. The van der Waals surface area contributed by atoms with Crippen LogP contribution in [0.5, 0.6) is 0 Å². The minimum atomic E-state index is -0.847. The van der Waals surface area contributed by atoms with Gasteiger partial charge in [0.1, 0.15) is 0 Å². The van der Waals surface area contributed by atoms with Gasteiger partial charge < -0.3 is 10.6 Å². The second-order valence-corrected chi connectivity index (χ2v) is 6.44. The van der Waals surface area contributed by atoms with Crippen molar-refractivity contribution in [3.63, 3.8) is 0 Å². The molecule has 1 aromatic rings. The first-order valence-electron chi connectivity index (χ1n) is 8.08. The molecule has 1 unspecified atom stereocenters. The molecule has 2 aliphatic rings. The van der Waals surface area contributed by atoms with E-state index in [1.54, 1.807) is 11.0 Å².